The highest BCUT2D eigenvalue weighted by molar-refractivity contribution is 7.18. The van der Waals surface area contributed by atoms with Gasteiger partial charge in [-0.1, -0.05) is 11.6 Å². The maximum Gasteiger partial charge on any atom is 0.348 e. The highest BCUT2D eigenvalue weighted by atomic mass is 35.5. The van der Waals surface area contributed by atoms with E-state index in [9.17, 15) is 14.4 Å². The third-order valence-electron chi connectivity index (χ3n) is 3.34. The number of halogens is 1. The summed E-state index contributed by atoms with van der Waals surface area (Å²) in [6.45, 7) is 1.29. The van der Waals surface area contributed by atoms with Crippen LogP contribution in [0.4, 0.5) is 5.00 Å². The van der Waals surface area contributed by atoms with E-state index in [1.165, 1.54) is 14.2 Å². The number of methoxy groups -OCH3 is 2. The van der Waals surface area contributed by atoms with Gasteiger partial charge in [0.05, 0.1) is 19.8 Å². The molecule has 1 heterocycles. The molecule has 0 atom stereocenters. The number of rotatable bonds is 6. The zero-order valence-electron chi connectivity index (χ0n) is 14.3. The first-order valence-electron chi connectivity index (χ1n) is 7.35. The summed E-state index contributed by atoms with van der Waals surface area (Å²) < 4.78 is 14.8. The topological polar surface area (TPSA) is 90.9 Å². The lowest BCUT2D eigenvalue weighted by atomic mass is 10.1. The summed E-state index contributed by atoms with van der Waals surface area (Å²) in [7, 11) is 2.45. The number of anilines is 1. The van der Waals surface area contributed by atoms with Gasteiger partial charge in [-0.15, -0.1) is 11.3 Å². The van der Waals surface area contributed by atoms with Crippen LogP contribution in [0.1, 0.15) is 25.6 Å². The van der Waals surface area contributed by atoms with E-state index in [1.807, 2.05) is 0 Å². The molecule has 0 saturated heterocycles. The molecule has 0 fully saturated rings. The minimum absolute atomic E-state index is 0.109. The Labute approximate surface area is 158 Å². The van der Waals surface area contributed by atoms with Gasteiger partial charge in [0.25, 0.3) is 5.91 Å². The molecule has 0 aliphatic heterocycles. The molecule has 1 N–H and O–H groups in total. The molecule has 0 aliphatic rings. The Morgan fingerprint density at radius 2 is 1.69 bits per heavy atom. The Balaban J connectivity index is 2.16. The summed E-state index contributed by atoms with van der Waals surface area (Å²) in [4.78, 5) is 36.2. The highest BCUT2D eigenvalue weighted by Gasteiger charge is 2.26. The van der Waals surface area contributed by atoms with Crippen molar-refractivity contribution >= 4 is 45.8 Å². The molecule has 9 heteroatoms. The summed E-state index contributed by atoms with van der Waals surface area (Å²) in [5.41, 5.74) is 0.486. The van der Waals surface area contributed by atoms with Crippen LogP contribution in [0.15, 0.2) is 24.3 Å². The van der Waals surface area contributed by atoms with Gasteiger partial charge in [-0.05, 0) is 36.8 Å². The van der Waals surface area contributed by atoms with Crippen molar-refractivity contribution in [2.24, 2.45) is 0 Å². The van der Waals surface area contributed by atoms with E-state index >= 15 is 0 Å². The summed E-state index contributed by atoms with van der Waals surface area (Å²) in [6.07, 6.45) is 0. The predicted octanol–water partition coefficient (Wildman–Crippen LogP) is 3.30. The number of carbonyl (C=O) groups excluding carboxylic acids is 3. The average Bonchev–Trinajstić information content (AvgIpc) is 2.96. The lowest BCUT2D eigenvalue weighted by Gasteiger charge is -2.08. The van der Waals surface area contributed by atoms with Crippen LogP contribution in [0.2, 0.25) is 5.02 Å². The number of nitrogens with one attached hydrogen (secondary N) is 1. The number of thiophene rings is 1. The predicted molar refractivity (Wildman–Crippen MR) is 97.3 cm³/mol. The first kappa shape index (κ1) is 19.7. The quantitative estimate of drug-likeness (QED) is 0.752. The van der Waals surface area contributed by atoms with Crippen LogP contribution in [0.5, 0.6) is 5.75 Å². The molecule has 1 aromatic carbocycles. The van der Waals surface area contributed by atoms with Crippen LogP contribution in [-0.2, 0) is 14.3 Å². The van der Waals surface area contributed by atoms with Crippen molar-refractivity contribution < 1.29 is 28.6 Å². The number of benzene rings is 1. The lowest BCUT2D eigenvalue weighted by molar-refractivity contribution is -0.118. The summed E-state index contributed by atoms with van der Waals surface area (Å²) in [5, 5.41) is 3.31. The Hall–Kier alpha value is -2.58. The standard InChI is InChI=1S/C17H16ClNO6S/c1-9-13(16(21)23-2)15(26-14(9)17(22)24-3)19-12(20)8-25-11-6-4-10(18)5-7-11/h4-7H,8H2,1-3H3,(H,19,20). The molecule has 0 radical (unpaired) electrons. The molecule has 0 unspecified atom stereocenters. The second-order valence-corrected chi connectivity index (χ2v) is 6.49. The summed E-state index contributed by atoms with van der Waals surface area (Å²) in [6, 6.07) is 6.52. The van der Waals surface area contributed by atoms with Gasteiger partial charge in [-0.2, -0.15) is 0 Å². The molecular weight excluding hydrogens is 382 g/mol. The number of hydrogen-bond donors (Lipinski definition) is 1. The Morgan fingerprint density at radius 3 is 2.27 bits per heavy atom. The largest absolute Gasteiger partial charge is 0.484 e. The molecule has 138 valence electrons. The number of amides is 1. The molecule has 0 bridgehead atoms. The van der Waals surface area contributed by atoms with E-state index < -0.39 is 17.8 Å². The third kappa shape index (κ3) is 4.53. The molecule has 7 nitrogen and oxygen atoms in total. The first-order valence-corrected chi connectivity index (χ1v) is 8.55. The van der Waals surface area contributed by atoms with Gasteiger partial charge in [0, 0.05) is 5.02 Å². The molecule has 0 saturated carbocycles. The monoisotopic (exact) mass is 397 g/mol. The highest BCUT2D eigenvalue weighted by Crippen LogP contribution is 2.34. The fraction of sp³-hybridized carbons (Fsp3) is 0.235. The summed E-state index contributed by atoms with van der Waals surface area (Å²) in [5.74, 6) is -1.29. The van der Waals surface area contributed by atoms with Gasteiger partial charge in [0.2, 0.25) is 0 Å². The second kappa shape index (κ2) is 8.68. The molecule has 0 spiro atoms. The van der Waals surface area contributed by atoms with Gasteiger partial charge in [0.15, 0.2) is 6.61 Å². The van der Waals surface area contributed by atoms with Crippen molar-refractivity contribution in [1.82, 2.24) is 0 Å². The SMILES string of the molecule is COC(=O)c1sc(NC(=O)COc2ccc(Cl)cc2)c(C(=O)OC)c1C. The molecule has 1 aromatic heterocycles. The minimum atomic E-state index is -0.664. The first-order chi connectivity index (χ1) is 12.4. The molecule has 2 aromatic rings. The van der Waals surface area contributed by atoms with Crippen LogP contribution >= 0.6 is 22.9 Å². The van der Waals surface area contributed by atoms with Gasteiger partial charge in [0.1, 0.15) is 15.6 Å². The van der Waals surface area contributed by atoms with E-state index in [2.05, 4.69) is 10.1 Å². The number of carbonyl (C=O) groups is 3. The zero-order chi connectivity index (χ0) is 19.3. The van der Waals surface area contributed by atoms with Gasteiger partial charge >= 0.3 is 11.9 Å². The third-order valence-corrected chi connectivity index (χ3v) is 4.78. The number of ether oxygens (including phenoxy) is 3. The van der Waals surface area contributed by atoms with Crippen LogP contribution in [0.3, 0.4) is 0 Å². The lowest BCUT2D eigenvalue weighted by Crippen LogP contribution is -2.21. The maximum atomic E-state index is 12.2. The van der Waals surface area contributed by atoms with Crippen molar-refractivity contribution in [2.75, 3.05) is 26.1 Å². The zero-order valence-corrected chi connectivity index (χ0v) is 15.8. The fourth-order valence-electron chi connectivity index (χ4n) is 2.08. The van der Waals surface area contributed by atoms with E-state index in [-0.39, 0.29) is 22.0 Å². The number of esters is 2. The number of hydrogen-bond acceptors (Lipinski definition) is 7. The van der Waals surface area contributed by atoms with Crippen molar-refractivity contribution in [1.29, 1.82) is 0 Å². The van der Waals surface area contributed by atoms with Crippen molar-refractivity contribution in [3.05, 3.63) is 45.3 Å². The van der Waals surface area contributed by atoms with Crippen LogP contribution in [0, 0.1) is 6.92 Å². The van der Waals surface area contributed by atoms with E-state index in [0.717, 1.165) is 11.3 Å². The summed E-state index contributed by atoms with van der Waals surface area (Å²) >= 11 is 6.72. The van der Waals surface area contributed by atoms with E-state index in [1.54, 1.807) is 31.2 Å². The van der Waals surface area contributed by atoms with Gasteiger partial charge < -0.3 is 19.5 Å². The molecule has 26 heavy (non-hydrogen) atoms. The molecule has 2 rings (SSSR count). The van der Waals surface area contributed by atoms with Gasteiger partial charge in [-0.3, -0.25) is 4.79 Å². The molecule has 0 aliphatic carbocycles. The molecular formula is C17H16ClNO6S. The van der Waals surface area contributed by atoms with Crippen molar-refractivity contribution in [2.45, 2.75) is 6.92 Å². The van der Waals surface area contributed by atoms with E-state index in [0.29, 0.717) is 16.3 Å². The van der Waals surface area contributed by atoms with Crippen LogP contribution < -0.4 is 10.1 Å². The maximum absolute atomic E-state index is 12.2. The normalized spacial score (nSPS) is 10.2. The Morgan fingerprint density at radius 1 is 1.08 bits per heavy atom. The van der Waals surface area contributed by atoms with Crippen LogP contribution in [-0.4, -0.2) is 38.7 Å². The second-order valence-electron chi connectivity index (χ2n) is 5.03. The fourth-order valence-corrected chi connectivity index (χ4v) is 3.33. The Kier molecular flexibility index (Phi) is 6.59. The Bertz CT molecular complexity index is 831. The van der Waals surface area contributed by atoms with E-state index in [4.69, 9.17) is 21.1 Å². The average molecular weight is 398 g/mol. The van der Waals surface area contributed by atoms with Crippen LogP contribution in [0.25, 0.3) is 0 Å². The van der Waals surface area contributed by atoms with Gasteiger partial charge in [-0.25, -0.2) is 9.59 Å². The van der Waals surface area contributed by atoms with Crippen molar-refractivity contribution in [3.63, 3.8) is 0 Å². The van der Waals surface area contributed by atoms with Crippen molar-refractivity contribution in [3.8, 4) is 5.75 Å². The molecule has 1 amide bonds. The minimum Gasteiger partial charge on any atom is -0.484 e. The smallest absolute Gasteiger partial charge is 0.348 e.